The predicted molar refractivity (Wildman–Crippen MR) is 82.7 cm³/mol. The van der Waals surface area contributed by atoms with Crippen LogP contribution < -0.4 is 10.0 Å². The van der Waals surface area contributed by atoms with Gasteiger partial charge in [-0.25, -0.2) is 13.1 Å². The van der Waals surface area contributed by atoms with E-state index in [1.165, 1.54) is 6.07 Å². The van der Waals surface area contributed by atoms with Crippen LogP contribution >= 0.6 is 0 Å². The highest BCUT2D eigenvalue weighted by Crippen LogP contribution is 2.25. The minimum absolute atomic E-state index is 0.0958. The second-order valence-electron chi connectivity index (χ2n) is 5.35. The molecule has 0 saturated heterocycles. The molecule has 0 aliphatic rings. The number of hydrogen-bond donors (Lipinski definition) is 4. The van der Waals surface area contributed by atoms with Crippen LogP contribution in [-0.2, 0) is 10.0 Å². The maximum atomic E-state index is 12.3. The molecule has 21 heavy (non-hydrogen) atoms. The highest BCUT2D eigenvalue weighted by Gasteiger charge is 2.29. The smallest absolute Gasteiger partial charge is 0.242 e. The summed E-state index contributed by atoms with van der Waals surface area (Å²) in [5, 5.41) is 21.9. The van der Waals surface area contributed by atoms with Crippen molar-refractivity contribution in [1.82, 2.24) is 4.72 Å². The molecule has 0 unspecified atom stereocenters. The first kappa shape index (κ1) is 17.9. The summed E-state index contributed by atoms with van der Waals surface area (Å²) < 4.78 is 27.2. The average molecular weight is 316 g/mol. The third-order valence-electron chi connectivity index (χ3n) is 3.25. The molecule has 6 nitrogen and oxygen atoms in total. The summed E-state index contributed by atoms with van der Waals surface area (Å²) >= 11 is 0. The van der Waals surface area contributed by atoms with Crippen molar-refractivity contribution in [2.45, 2.75) is 43.7 Å². The summed E-state index contributed by atoms with van der Waals surface area (Å²) in [7, 11) is -3.66. The molecule has 1 rings (SSSR count). The molecule has 0 bridgehead atoms. The van der Waals surface area contributed by atoms with Gasteiger partial charge in [0, 0.05) is 6.04 Å². The topological polar surface area (TPSA) is 98.7 Å². The maximum absolute atomic E-state index is 12.3. The fraction of sp³-hybridized carbons (Fsp3) is 0.571. The van der Waals surface area contributed by atoms with Crippen LogP contribution in [-0.4, -0.2) is 43.4 Å². The van der Waals surface area contributed by atoms with Crippen LogP contribution in [0.5, 0.6) is 0 Å². The van der Waals surface area contributed by atoms with Crippen molar-refractivity contribution in [3.63, 3.8) is 0 Å². The van der Waals surface area contributed by atoms with Crippen LogP contribution in [0.15, 0.2) is 29.2 Å². The van der Waals surface area contributed by atoms with Gasteiger partial charge in [-0.3, -0.25) is 0 Å². The largest absolute Gasteiger partial charge is 0.394 e. The first-order valence-electron chi connectivity index (χ1n) is 6.91. The van der Waals surface area contributed by atoms with Crippen molar-refractivity contribution in [2.24, 2.45) is 0 Å². The molecule has 0 spiro atoms. The Morgan fingerprint density at radius 1 is 1.19 bits per heavy atom. The number of aliphatic hydroxyl groups is 2. The molecule has 0 amide bonds. The third kappa shape index (κ3) is 4.41. The van der Waals surface area contributed by atoms with Crippen molar-refractivity contribution >= 4 is 15.7 Å². The van der Waals surface area contributed by atoms with Gasteiger partial charge in [0.05, 0.1) is 24.4 Å². The minimum Gasteiger partial charge on any atom is -0.394 e. The highest BCUT2D eigenvalue weighted by atomic mass is 32.2. The molecule has 4 N–H and O–H groups in total. The summed E-state index contributed by atoms with van der Waals surface area (Å²) in [6.45, 7) is 4.69. The van der Waals surface area contributed by atoms with Crippen LogP contribution in [0.1, 0.15) is 27.2 Å². The summed E-state index contributed by atoms with van der Waals surface area (Å²) in [6.07, 6.45) is 0.450. The van der Waals surface area contributed by atoms with Crippen molar-refractivity contribution < 1.29 is 18.6 Å². The zero-order valence-electron chi connectivity index (χ0n) is 12.6. The standard InChI is InChI=1S/C14H24N2O4S/c1-4-14(9-17,10-18)15-12-7-5-6-8-13(12)21(19,20)16-11(2)3/h5-8,11,15-18H,4,9-10H2,1-3H3. The van der Waals surface area contributed by atoms with E-state index in [9.17, 15) is 18.6 Å². The predicted octanol–water partition coefficient (Wildman–Crippen LogP) is 0.919. The second kappa shape index (κ2) is 7.22. The van der Waals surface area contributed by atoms with E-state index < -0.39 is 15.6 Å². The number of para-hydroxylation sites is 1. The van der Waals surface area contributed by atoms with Crippen LogP contribution in [0.3, 0.4) is 0 Å². The molecule has 0 aliphatic carbocycles. The minimum atomic E-state index is -3.66. The average Bonchev–Trinajstić information content (AvgIpc) is 2.44. The Labute approximate surface area is 126 Å². The lowest BCUT2D eigenvalue weighted by Crippen LogP contribution is -2.45. The van der Waals surface area contributed by atoms with E-state index in [4.69, 9.17) is 0 Å². The van der Waals surface area contributed by atoms with Crippen LogP contribution in [0, 0.1) is 0 Å². The highest BCUT2D eigenvalue weighted by molar-refractivity contribution is 7.89. The van der Waals surface area contributed by atoms with E-state index >= 15 is 0 Å². The zero-order valence-corrected chi connectivity index (χ0v) is 13.4. The molecule has 0 heterocycles. The molecular formula is C14H24N2O4S. The fourth-order valence-electron chi connectivity index (χ4n) is 1.90. The molecule has 1 aromatic rings. The lowest BCUT2D eigenvalue weighted by molar-refractivity contribution is 0.132. The van der Waals surface area contributed by atoms with Crippen LogP contribution in [0.25, 0.3) is 0 Å². The third-order valence-corrected chi connectivity index (χ3v) is 4.97. The van der Waals surface area contributed by atoms with Gasteiger partial charge in [-0.05, 0) is 32.4 Å². The number of benzene rings is 1. The number of sulfonamides is 1. The SMILES string of the molecule is CCC(CO)(CO)Nc1ccccc1S(=O)(=O)NC(C)C. The van der Waals surface area contributed by atoms with Gasteiger partial charge in [0.1, 0.15) is 4.90 Å². The van der Waals surface area contributed by atoms with Crippen LogP contribution in [0.4, 0.5) is 5.69 Å². The number of anilines is 1. The van der Waals surface area contributed by atoms with Crippen molar-refractivity contribution in [3.05, 3.63) is 24.3 Å². The normalized spacial score (nSPS) is 12.7. The molecule has 0 aliphatic heterocycles. The molecule has 120 valence electrons. The Morgan fingerprint density at radius 3 is 2.24 bits per heavy atom. The van der Waals surface area contributed by atoms with Gasteiger partial charge >= 0.3 is 0 Å². The quantitative estimate of drug-likeness (QED) is 0.571. The van der Waals surface area contributed by atoms with Gasteiger partial charge in [-0.2, -0.15) is 0 Å². The van der Waals surface area contributed by atoms with E-state index in [-0.39, 0.29) is 24.2 Å². The van der Waals surface area contributed by atoms with E-state index in [1.54, 1.807) is 32.0 Å². The Balaban J connectivity index is 3.22. The molecule has 0 saturated carbocycles. The van der Waals surface area contributed by atoms with E-state index in [0.29, 0.717) is 12.1 Å². The van der Waals surface area contributed by atoms with E-state index in [1.807, 2.05) is 6.92 Å². The van der Waals surface area contributed by atoms with Crippen molar-refractivity contribution in [3.8, 4) is 0 Å². The van der Waals surface area contributed by atoms with Crippen molar-refractivity contribution in [1.29, 1.82) is 0 Å². The molecule has 0 radical (unpaired) electrons. The van der Waals surface area contributed by atoms with Gasteiger partial charge in [0.2, 0.25) is 10.0 Å². The number of aliphatic hydroxyl groups excluding tert-OH is 2. The molecule has 0 atom stereocenters. The van der Waals surface area contributed by atoms with Crippen molar-refractivity contribution in [2.75, 3.05) is 18.5 Å². The Kier molecular flexibility index (Phi) is 6.15. The van der Waals surface area contributed by atoms with Gasteiger partial charge in [-0.15, -0.1) is 0 Å². The molecular weight excluding hydrogens is 292 g/mol. The van der Waals surface area contributed by atoms with E-state index in [2.05, 4.69) is 10.0 Å². The summed E-state index contributed by atoms with van der Waals surface area (Å²) in [5.74, 6) is 0. The monoisotopic (exact) mass is 316 g/mol. The summed E-state index contributed by atoms with van der Waals surface area (Å²) in [6, 6.07) is 6.21. The first-order valence-corrected chi connectivity index (χ1v) is 8.40. The number of rotatable bonds is 8. The zero-order chi connectivity index (χ0) is 16.1. The first-order chi connectivity index (χ1) is 9.80. The summed E-state index contributed by atoms with van der Waals surface area (Å²) in [5.41, 5.74) is -0.598. The van der Waals surface area contributed by atoms with E-state index in [0.717, 1.165) is 0 Å². The van der Waals surface area contributed by atoms with Gasteiger partial charge in [0.15, 0.2) is 0 Å². The molecule has 1 aromatic carbocycles. The van der Waals surface area contributed by atoms with Gasteiger partial charge in [-0.1, -0.05) is 19.1 Å². The Morgan fingerprint density at radius 2 is 1.76 bits per heavy atom. The lowest BCUT2D eigenvalue weighted by atomic mass is 9.98. The van der Waals surface area contributed by atoms with Crippen LogP contribution in [0.2, 0.25) is 0 Å². The van der Waals surface area contributed by atoms with Gasteiger partial charge < -0.3 is 15.5 Å². The van der Waals surface area contributed by atoms with Gasteiger partial charge in [0.25, 0.3) is 0 Å². The number of nitrogens with one attached hydrogen (secondary N) is 2. The Hall–Kier alpha value is -1.15. The molecule has 7 heteroatoms. The Bertz CT molecular complexity index is 546. The maximum Gasteiger partial charge on any atom is 0.242 e. The second-order valence-corrected chi connectivity index (χ2v) is 7.03. The molecule has 0 fully saturated rings. The summed E-state index contributed by atoms with van der Waals surface area (Å²) in [4.78, 5) is 0.0958. The lowest BCUT2D eigenvalue weighted by Gasteiger charge is -2.31. The fourth-order valence-corrected chi connectivity index (χ4v) is 3.32. The number of hydrogen-bond acceptors (Lipinski definition) is 5. The molecule has 0 aromatic heterocycles.